The predicted molar refractivity (Wildman–Crippen MR) is 102 cm³/mol. The number of hydrogen-bond acceptors (Lipinski definition) is 6. The second-order valence-electron chi connectivity index (χ2n) is 6.84. The van der Waals surface area contributed by atoms with E-state index in [9.17, 15) is 14.4 Å². The molecule has 7 nitrogen and oxygen atoms in total. The highest BCUT2D eigenvalue weighted by molar-refractivity contribution is 5.92. The number of carbonyl (C=O) groups is 3. The number of ether oxygens (including phenoxy) is 2. The summed E-state index contributed by atoms with van der Waals surface area (Å²) in [5.74, 6) is -1.13. The SMILES string of the molecule is CCOC(=O)C1CCN(C(=O)C(C)OC(=O)c2ccc(N(C)C)cc2)CC1. The third-order valence-electron chi connectivity index (χ3n) is 4.68. The van der Waals surface area contributed by atoms with E-state index in [4.69, 9.17) is 9.47 Å². The van der Waals surface area contributed by atoms with Gasteiger partial charge in [0.2, 0.25) is 0 Å². The molecule has 0 aliphatic carbocycles. The van der Waals surface area contributed by atoms with Crippen LogP contribution < -0.4 is 4.90 Å². The van der Waals surface area contributed by atoms with Crippen LogP contribution in [0.1, 0.15) is 37.0 Å². The van der Waals surface area contributed by atoms with E-state index in [2.05, 4.69) is 0 Å². The van der Waals surface area contributed by atoms with E-state index in [-0.39, 0.29) is 17.8 Å². The van der Waals surface area contributed by atoms with Gasteiger partial charge in [-0.2, -0.15) is 0 Å². The molecular formula is C20H28N2O5. The fourth-order valence-corrected chi connectivity index (χ4v) is 3.03. The Morgan fingerprint density at radius 1 is 1.15 bits per heavy atom. The zero-order chi connectivity index (χ0) is 20.0. The van der Waals surface area contributed by atoms with Gasteiger partial charge >= 0.3 is 11.9 Å². The van der Waals surface area contributed by atoms with Gasteiger partial charge in [-0.25, -0.2) is 4.79 Å². The number of amides is 1. The summed E-state index contributed by atoms with van der Waals surface area (Å²) in [5.41, 5.74) is 1.38. The van der Waals surface area contributed by atoms with E-state index in [1.807, 2.05) is 31.1 Å². The molecule has 0 saturated carbocycles. The Hall–Kier alpha value is -2.57. The van der Waals surface area contributed by atoms with Crippen molar-refractivity contribution in [1.82, 2.24) is 4.90 Å². The molecule has 1 atom stereocenters. The lowest BCUT2D eigenvalue weighted by molar-refractivity contribution is -0.152. The lowest BCUT2D eigenvalue weighted by Gasteiger charge is -2.32. The number of piperidine rings is 1. The molecule has 148 valence electrons. The molecule has 1 aromatic carbocycles. The highest BCUT2D eigenvalue weighted by Crippen LogP contribution is 2.20. The van der Waals surface area contributed by atoms with Crippen LogP contribution in [0.3, 0.4) is 0 Å². The summed E-state index contributed by atoms with van der Waals surface area (Å²) in [7, 11) is 3.83. The average molecular weight is 376 g/mol. The van der Waals surface area contributed by atoms with E-state index in [1.165, 1.54) is 0 Å². The molecule has 0 radical (unpaired) electrons. The van der Waals surface area contributed by atoms with Crippen molar-refractivity contribution in [1.29, 1.82) is 0 Å². The third-order valence-corrected chi connectivity index (χ3v) is 4.68. The molecule has 2 rings (SSSR count). The first-order valence-electron chi connectivity index (χ1n) is 9.27. The lowest BCUT2D eigenvalue weighted by Crippen LogP contribution is -2.45. The summed E-state index contributed by atoms with van der Waals surface area (Å²) in [4.78, 5) is 40.2. The number of anilines is 1. The molecule has 0 N–H and O–H groups in total. The predicted octanol–water partition coefficient (Wildman–Crippen LogP) is 2.10. The summed E-state index contributed by atoms with van der Waals surface area (Å²) >= 11 is 0. The van der Waals surface area contributed by atoms with Crippen LogP contribution >= 0.6 is 0 Å². The molecule has 0 bridgehead atoms. The van der Waals surface area contributed by atoms with Crippen molar-refractivity contribution in [3.8, 4) is 0 Å². The zero-order valence-corrected chi connectivity index (χ0v) is 16.4. The van der Waals surface area contributed by atoms with Crippen LogP contribution in [0.25, 0.3) is 0 Å². The molecule has 27 heavy (non-hydrogen) atoms. The van der Waals surface area contributed by atoms with Gasteiger partial charge in [0.1, 0.15) is 0 Å². The molecule has 1 aromatic rings. The number of esters is 2. The number of carbonyl (C=O) groups excluding carboxylic acids is 3. The molecule has 7 heteroatoms. The van der Waals surface area contributed by atoms with Crippen LogP contribution in [0.5, 0.6) is 0 Å². The maximum atomic E-state index is 12.5. The Morgan fingerprint density at radius 3 is 2.26 bits per heavy atom. The van der Waals surface area contributed by atoms with Crippen LogP contribution in [0.4, 0.5) is 5.69 Å². The van der Waals surface area contributed by atoms with Crippen LogP contribution in [-0.4, -0.2) is 62.6 Å². The molecule has 1 unspecified atom stereocenters. The summed E-state index contributed by atoms with van der Waals surface area (Å²) in [6.45, 7) is 4.64. The lowest BCUT2D eigenvalue weighted by atomic mass is 9.97. The third kappa shape index (κ3) is 5.45. The van der Waals surface area contributed by atoms with Crippen molar-refractivity contribution >= 4 is 23.5 Å². The van der Waals surface area contributed by atoms with Crippen LogP contribution in [0.2, 0.25) is 0 Å². The topological polar surface area (TPSA) is 76.1 Å². The smallest absolute Gasteiger partial charge is 0.338 e. The van der Waals surface area contributed by atoms with Gasteiger partial charge in [-0.1, -0.05) is 0 Å². The molecule has 0 spiro atoms. The Bertz CT molecular complexity index is 663. The van der Waals surface area contributed by atoms with E-state index < -0.39 is 12.1 Å². The monoisotopic (exact) mass is 376 g/mol. The fraction of sp³-hybridized carbons (Fsp3) is 0.550. The van der Waals surface area contributed by atoms with Crippen molar-refractivity contribution in [2.45, 2.75) is 32.8 Å². The minimum Gasteiger partial charge on any atom is -0.466 e. The Labute approximate surface area is 160 Å². The van der Waals surface area contributed by atoms with Crippen molar-refractivity contribution < 1.29 is 23.9 Å². The molecule has 1 heterocycles. The quantitative estimate of drug-likeness (QED) is 0.708. The maximum Gasteiger partial charge on any atom is 0.338 e. The average Bonchev–Trinajstić information content (AvgIpc) is 2.67. The first-order chi connectivity index (χ1) is 12.8. The van der Waals surface area contributed by atoms with Gasteiger partial charge in [0.15, 0.2) is 6.10 Å². The van der Waals surface area contributed by atoms with Crippen LogP contribution in [0, 0.1) is 5.92 Å². The van der Waals surface area contributed by atoms with Crippen LogP contribution in [-0.2, 0) is 19.1 Å². The van der Waals surface area contributed by atoms with Crippen molar-refractivity contribution in [2.24, 2.45) is 5.92 Å². The van der Waals surface area contributed by atoms with Gasteiger partial charge in [-0.15, -0.1) is 0 Å². The molecule has 0 aromatic heterocycles. The van der Waals surface area contributed by atoms with Crippen molar-refractivity contribution in [3.63, 3.8) is 0 Å². The summed E-state index contributed by atoms with van der Waals surface area (Å²) < 4.78 is 10.4. The van der Waals surface area contributed by atoms with Crippen molar-refractivity contribution in [2.75, 3.05) is 38.7 Å². The highest BCUT2D eigenvalue weighted by Gasteiger charge is 2.31. The second kappa shape index (κ2) is 9.39. The summed E-state index contributed by atoms with van der Waals surface area (Å²) in [6.07, 6.45) is 0.263. The minimum absolute atomic E-state index is 0.165. The Balaban J connectivity index is 1.86. The van der Waals surface area contributed by atoms with E-state index >= 15 is 0 Å². The van der Waals surface area contributed by atoms with Gasteiger partial charge in [-0.3, -0.25) is 9.59 Å². The van der Waals surface area contributed by atoms with Gasteiger partial charge in [0, 0.05) is 32.9 Å². The van der Waals surface area contributed by atoms with Gasteiger partial charge in [-0.05, 0) is 51.0 Å². The van der Waals surface area contributed by atoms with E-state index in [1.54, 1.807) is 30.9 Å². The first kappa shape index (κ1) is 20.7. The first-order valence-corrected chi connectivity index (χ1v) is 9.27. The molecule has 1 fully saturated rings. The largest absolute Gasteiger partial charge is 0.466 e. The molecule has 1 amide bonds. The molecule has 1 aliphatic rings. The second-order valence-corrected chi connectivity index (χ2v) is 6.84. The summed E-state index contributed by atoms with van der Waals surface area (Å²) in [6, 6.07) is 7.01. The number of benzene rings is 1. The standard InChI is InChI=1S/C20H28N2O5/c1-5-26-19(24)16-10-12-22(13-11-16)18(23)14(2)27-20(25)15-6-8-17(9-7-15)21(3)4/h6-9,14,16H,5,10-13H2,1-4H3. The minimum atomic E-state index is -0.870. The summed E-state index contributed by atoms with van der Waals surface area (Å²) in [5, 5.41) is 0. The van der Waals surface area contributed by atoms with E-state index in [0.29, 0.717) is 38.1 Å². The highest BCUT2D eigenvalue weighted by atomic mass is 16.5. The fourth-order valence-electron chi connectivity index (χ4n) is 3.03. The molecule has 1 saturated heterocycles. The Morgan fingerprint density at radius 2 is 1.74 bits per heavy atom. The Kier molecular flexibility index (Phi) is 7.21. The number of hydrogen-bond donors (Lipinski definition) is 0. The molecule has 1 aliphatic heterocycles. The normalized spacial score (nSPS) is 15.8. The number of nitrogens with zero attached hydrogens (tertiary/aromatic N) is 2. The number of likely N-dealkylation sites (tertiary alicyclic amines) is 1. The van der Waals surface area contributed by atoms with Gasteiger partial charge in [0.05, 0.1) is 18.1 Å². The van der Waals surface area contributed by atoms with E-state index in [0.717, 1.165) is 5.69 Å². The van der Waals surface area contributed by atoms with Crippen molar-refractivity contribution in [3.05, 3.63) is 29.8 Å². The number of rotatable bonds is 6. The zero-order valence-electron chi connectivity index (χ0n) is 16.4. The maximum absolute atomic E-state index is 12.5. The molecular weight excluding hydrogens is 348 g/mol. The van der Waals surface area contributed by atoms with Gasteiger partial charge < -0.3 is 19.3 Å². The van der Waals surface area contributed by atoms with Gasteiger partial charge in [0.25, 0.3) is 5.91 Å². The van der Waals surface area contributed by atoms with Crippen LogP contribution in [0.15, 0.2) is 24.3 Å².